The predicted octanol–water partition coefficient (Wildman–Crippen LogP) is 2.82. The van der Waals surface area contributed by atoms with E-state index in [9.17, 15) is 4.39 Å². The molecule has 0 amide bonds. The fraction of sp³-hybridized carbons (Fsp3) is 0.308. The summed E-state index contributed by atoms with van der Waals surface area (Å²) in [5, 5.41) is 3.19. The third kappa shape index (κ3) is 2.89. The van der Waals surface area contributed by atoms with Gasteiger partial charge in [0.05, 0.1) is 17.3 Å². The number of imidazole rings is 1. The molecular formula is C13H15ClFN3. The molecule has 96 valence electrons. The summed E-state index contributed by atoms with van der Waals surface area (Å²) in [6.45, 7) is 2.68. The van der Waals surface area contributed by atoms with E-state index in [4.69, 9.17) is 11.6 Å². The Morgan fingerprint density at radius 3 is 2.89 bits per heavy atom. The maximum Gasteiger partial charge on any atom is 0.141 e. The van der Waals surface area contributed by atoms with Crippen molar-refractivity contribution in [3.05, 3.63) is 51.8 Å². The summed E-state index contributed by atoms with van der Waals surface area (Å²) in [6, 6.07) is 4.75. The monoisotopic (exact) mass is 267 g/mol. The third-order valence-corrected chi connectivity index (χ3v) is 3.02. The Labute approximate surface area is 110 Å². The SMILES string of the molecule is CNCc1nc(Cc2ccc(F)c(Cl)c2)c(C)[nH]1. The number of aromatic amines is 1. The molecule has 2 aromatic rings. The number of halogens is 2. The second kappa shape index (κ2) is 5.50. The molecule has 0 radical (unpaired) electrons. The number of hydrogen-bond donors (Lipinski definition) is 2. The van der Waals surface area contributed by atoms with E-state index < -0.39 is 5.82 Å². The molecule has 0 atom stereocenters. The molecule has 5 heteroatoms. The first kappa shape index (κ1) is 13.1. The molecule has 1 aromatic carbocycles. The van der Waals surface area contributed by atoms with Crippen LogP contribution < -0.4 is 5.32 Å². The Bertz CT molecular complexity index is 551. The maximum atomic E-state index is 13.1. The number of benzene rings is 1. The molecule has 1 aromatic heterocycles. The molecule has 0 fully saturated rings. The topological polar surface area (TPSA) is 40.7 Å². The average Bonchev–Trinajstić information content (AvgIpc) is 2.65. The lowest BCUT2D eigenvalue weighted by atomic mass is 10.1. The summed E-state index contributed by atoms with van der Waals surface area (Å²) in [5.41, 5.74) is 2.94. The number of nitrogens with zero attached hydrogens (tertiary/aromatic N) is 1. The molecule has 0 aliphatic heterocycles. The number of rotatable bonds is 4. The molecule has 2 rings (SSSR count). The minimum absolute atomic E-state index is 0.149. The Kier molecular flexibility index (Phi) is 3.99. The van der Waals surface area contributed by atoms with Crippen LogP contribution in [-0.2, 0) is 13.0 Å². The van der Waals surface area contributed by atoms with E-state index >= 15 is 0 Å². The van der Waals surface area contributed by atoms with Gasteiger partial charge in [0.25, 0.3) is 0 Å². The van der Waals surface area contributed by atoms with E-state index in [0.717, 1.165) is 22.8 Å². The fourth-order valence-electron chi connectivity index (χ4n) is 1.83. The molecule has 0 saturated heterocycles. The van der Waals surface area contributed by atoms with Crippen molar-refractivity contribution in [2.45, 2.75) is 19.9 Å². The Balaban J connectivity index is 2.20. The first-order valence-corrected chi connectivity index (χ1v) is 6.11. The number of aromatic nitrogens is 2. The van der Waals surface area contributed by atoms with Gasteiger partial charge in [-0.3, -0.25) is 0 Å². The molecule has 1 heterocycles. The van der Waals surface area contributed by atoms with Gasteiger partial charge in [-0.1, -0.05) is 17.7 Å². The zero-order valence-corrected chi connectivity index (χ0v) is 11.1. The lowest BCUT2D eigenvalue weighted by Gasteiger charge is -2.01. The van der Waals surface area contributed by atoms with Gasteiger partial charge >= 0.3 is 0 Å². The van der Waals surface area contributed by atoms with Crippen molar-refractivity contribution in [1.29, 1.82) is 0 Å². The van der Waals surface area contributed by atoms with E-state index in [2.05, 4.69) is 15.3 Å². The zero-order valence-electron chi connectivity index (χ0n) is 10.3. The second-order valence-corrected chi connectivity index (χ2v) is 4.62. The van der Waals surface area contributed by atoms with Gasteiger partial charge in [0.1, 0.15) is 11.6 Å². The molecular weight excluding hydrogens is 253 g/mol. The summed E-state index contributed by atoms with van der Waals surface area (Å²) < 4.78 is 13.1. The molecule has 0 aliphatic carbocycles. The van der Waals surface area contributed by atoms with Crippen LogP contribution in [0.25, 0.3) is 0 Å². The molecule has 18 heavy (non-hydrogen) atoms. The number of aryl methyl sites for hydroxylation is 1. The van der Waals surface area contributed by atoms with Gasteiger partial charge in [-0.25, -0.2) is 9.37 Å². The minimum atomic E-state index is -0.393. The zero-order chi connectivity index (χ0) is 13.1. The Morgan fingerprint density at radius 1 is 1.44 bits per heavy atom. The van der Waals surface area contributed by atoms with Crippen molar-refractivity contribution in [2.75, 3.05) is 7.05 Å². The normalized spacial score (nSPS) is 10.9. The van der Waals surface area contributed by atoms with Crippen molar-refractivity contribution in [1.82, 2.24) is 15.3 Å². The van der Waals surface area contributed by atoms with E-state index in [-0.39, 0.29) is 5.02 Å². The highest BCUT2D eigenvalue weighted by Gasteiger charge is 2.08. The van der Waals surface area contributed by atoms with Crippen molar-refractivity contribution >= 4 is 11.6 Å². The minimum Gasteiger partial charge on any atom is -0.345 e. The first-order valence-electron chi connectivity index (χ1n) is 5.73. The number of nitrogens with one attached hydrogen (secondary N) is 2. The van der Waals surface area contributed by atoms with Crippen LogP contribution in [0.1, 0.15) is 22.8 Å². The number of H-pyrrole nitrogens is 1. The lowest BCUT2D eigenvalue weighted by molar-refractivity contribution is 0.627. The van der Waals surface area contributed by atoms with Crippen LogP contribution in [-0.4, -0.2) is 17.0 Å². The van der Waals surface area contributed by atoms with Crippen molar-refractivity contribution in [2.24, 2.45) is 0 Å². The van der Waals surface area contributed by atoms with Crippen LogP contribution in [0, 0.1) is 12.7 Å². The molecule has 0 aliphatic rings. The molecule has 0 unspecified atom stereocenters. The molecule has 0 saturated carbocycles. The van der Waals surface area contributed by atoms with Gasteiger partial charge in [0.15, 0.2) is 0 Å². The predicted molar refractivity (Wildman–Crippen MR) is 70.3 cm³/mol. The van der Waals surface area contributed by atoms with Gasteiger partial charge in [-0.15, -0.1) is 0 Å². The Morgan fingerprint density at radius 2 is 2.22 bits per heavy atom. The summed E-state index contributed by atoms with van der Waals surface area (Å²) >= 11 is 5.76. The van der Waals surface area contributed by atoms with Gasteiger partial charge < -0.3 is 10.3 Å². The van der Waals surface area contributed by atoms with Crippen LogP contribution in [0.15, 0.2) is 18.2 Å². The van der Waals surface area contributed by atoms with E-state index in [1.807, 2.05) is 14.0 Å². The van der Waals surface area contributed by atoms with Gasteiger partial charge in [-0.2, -0.15) is 0 Å². The second-order valence-electron chi connectivity index (χ2n) is 4.21. The summed E-state index contributed by atoms with van der Waals surface area (Å²) in [7, 11) is 1.87. The maximum absolute atomic E-state index is 13.1. The quantitative estimate of drug-likeness (QED) is 0.894. The molecule has 0 bridgehead atoms. The smallest absolute Gasteiger partial charge is 0.141 e. The van der Waals surface area contributed by atoms with Crippen LogP contribution in [0.3, 0.4) is 0 Å². The van der Waals surface area contributed by atoms with Gasteiger partial charge in [0, 0.05) is 12.1 Å². The van der Waals surface area contributed by atoms with E-state index in [0.29, 0.717) is 13.0 Å². The van der Waals surface area contributed by atoms with Gasteiger partial charge in [0.2, 0.25) is 0 Å². The highest BCUT2D eigenvalue weighted by atomic mass is 35.5. The fourth-order valence-corrected chi connectivity index (χ4v) is 2.03. The summed E-state index contributed by atoms with van der Waals surface area (Å²) in [5.74, 6) is 0.508. The molecule has 0 spiro atoms. The highest BCUT2D eigenvalue weighted by Crippen LogP contribution is 2.19. The lowest BCUT2D eigenvalue weighted by Crippen LogP contribution is -2.06. The first-order chi connectivity index (χ1) is 8.60. The molecule has 2 N–H and O–H groups in total. The van der Waals surface area contributed by atoms with Gasteiger partial charge in [-0.05, 0) is 31.7 Å². The summed E-state index contributed by atoms with van der Waals surface area (Å²) in [4.78, 5) is 7.70. The average molecular weight is 268 g/mol. The van der Waals surface area contributed by atoms with Crippen LogP contribution in [0.2, 0.25) is 5.02 Å². The standard InChI is InChI=1S/C13H15ClFN3/c1-8-12(18-13(17-8)7-16-2)6-9-3-4-11(15)10(14)5-9/h3-5,16H,6-7H2,1-2H3,(H,17,18). The van der Waals surface area contributed by atoms with Crippen LogP contribution in [0.5, 0.6) is 0 Å². The third-order valence-electron chi connectivity index (χ3n) is 2.73. The van der Waals surface area contributed by atoms with E-state index in [1.165, 1.54) is 6.07 Å². The van der Waals surface area contributed by atoms with Crippen molar-refractivity contribution in [3.8, 4) is 0 Å². The van der Waals surface area contributed by atoms with Crippen LogP contribution in [0.4, 0.5) is 4.39 Å². The van der Waals surface area contributed by atoms with E-state index in [1.54, 1.807) is 12.1 Å². The largest absolute Gasteiger partial charge is 0.345 e. The summed E-state index contributed by atoms with van der Waals surface area (Å²) in [6.07, 6.45) is 0.645. The van der Waals surface area contributed by atoms with Crippen molar-refractivity contribution in [3.63, 3.8) is 0 Å². The molecule has 3 nitrogen and oxygen atoms in total. The van der Waals surface area contributed by atoms with Crippen molar-refractivity contribution < 1.29 is 4.39 Å². The van der Waals surface area contributed by atoms with Crippen LogP contribution >= 0.6 is 11.6 Å². The highest BCUT2D eigenvalue weighted by molar-refractivity contribution is 6.30. The Hall–Kier alpha value is -1.39. The number of hydrogen-bond acceptors (Lipinski definition) is 2.